The van der Waals surface area contributed by atoms with Crippen LogP contribution < -0.4 is 14.8 Å². The van der Waals surface area contributed by atoms with Crippen LogP contribution >= 0.6 is 0 Å². The van der Waals surface area contributed by atoms with Crippen LogP contribution in [0.5, 0.6) is 11.5 Å². The number of nitrogens with zero attached hydrogens (tertiary/aromatic N) is 2. The summed E-state index contributed by atoms with van der Waals surface area (Å²) < 4.78 is 35.3. The molecule has 4 aliphatic rings. The molecule has 1 aliphatic carbocycles. The van der Waals surface area contributed by atoms with Gasteiger partial charge in [-0.3, -0.25) is 14.5 Å². The van der Waals surface area contributed by atoms with Gasteiger partial charge in [-0.05, 0) is 43.9 Å². The smallest absolute Gasteiger partial charge is 0.325 e. The van der Waals surface area contributed by atoms with Gasteiger partial charge >= 0.3 is 6.03 Å². The Bertz CT molecular complexity index is 1130. The normalized spacial score (nSPS) is 28.3. The highest BCUT2D eigenvalue weighted by atomic mass is 32.2. The predicted molar refractivity (Wildman–Crippen MR) is 121 cm³/mol. The lowest BCUT2D eigenvalue weighted by molar-refractivity contribution is -0.141. The number of carbonyl (C=O) groups excluding carboxylic acids is 3. The van der Waals surface area contributed by atoms with E-state index in [0.717, 1.165) is 30.6 Å². The van der Waals surface area contributed by atoms with Gasteiger partial charge in [0, 0.05) is 12.1 Å². The number of sulfone groups is 1. The Morgan fingerprint density at radius 1 is 1.12 bits per heavy atom. The number of rotatable bonds is 5. The molecule has 0 bridgehead atoms. The van der Waals surface area contributed by atoms with E-state index in [2.05, 4.69) is 5.32 Å². The minimum absolute atomic E-state index is 0.0550. The van der Waals surface area contributed by atoms with E-state index < -0.39 is 39.9 Å². The van der Waals surface area contributed by atoms with Crippen LogP contribution in [0.25, 0.3) is 0 Å². The van der Waals surface area contributed by atoms with Gasteiger partial charge in [-0.25, -0.2) is 13.2 Å². The Balaban J connectivity index is 1.37. The largest absolute Gasteiger partial charge is 0.486 e. The Morgan fingerprint density at radius 2 is 1.82 bits per heavy atom. The van der Waals surface area contributed by atoms with Crippen molar-refractivity contribution in [1.29, 1.82) is 0 Å². The Hall–Kier alpha value is -2.82. The van der Waals surface area contributed by atoms with Crippen LogP contribution in [0.1, 0.15) is 44.6 Å². The van der Waals surface area contributed by atoms with E-state index >= 15 is 0 Å². The summed E-state index contributed by atoms with van der Waals surface area (Å²) in [5.41, 5.74) is -0.832. The molecule has 0 radical (unpaired) electrons. The fourth-order valence-electron chi connectivity index (χ4n) is 5.49. The summed E-state index contributed by atoms with van der Waals surface area (Å²) in [5.74, 6) is 0.137. The third-order valence-electron chi connectivity index (χ3n) is 7.30. The molecule has 1 aromatic carbocycles. The maximum atomic E-state index is 13.4. The first-order chi connectivity index (χ1) is 16.2. The van der Waals surface area contributed by atoms with Crippen molar-refractivity contribution >= 4 is 27.7 Å². The standard InChI is InChI=1S/C23H29N3O7S/c1-23(15-6-7-18-19(12-15)33-10-9-32-18)21(28)25(22(29)24-23)13-20(27)26(16-4-2-3-5-16)17-8-11-34(30,31)14-17/h6-7,12,16-17H,2-5,8-11,13-14H2,1H3,(H,24,29)/t17-,23-/m1/s1. The second kappa shape index (κ2) is 8.44. The number of urea groups is 1. The van der Waals surface area contributed by atoms with Crippen molar-refractivity contribution in [3.05, 3.63) is 23.8 Å². The highest BCUT2D eigenvalue weighted by molar-refractivity contribution is 7.91. The minimum Gasteiger partial charge on any atom is -0.486 e. The van der Waals surface area contributed by atoms with Crippen LogP contribution in [0.15, 0.2) is 18.2 Å². The van der Waals surface area contributed by atoms with Crippen LogP contribution in [0.4, 0.5) is 4.79 Å². The summed E-state index contributed by atoms with van der Waals surface area (Å²) in [6.07, 6.45) is 3.94. The third-order valence-corrected chi connectivity index (χ3v) is 9.05. The van der Waals surface area contributed by atoms with Gasteiger partial charge in [0.1, 0.15) is 25.3 Å². The Morgan fingerprint density at radius 3 is 2.50 bits per heavy atom. The van der Waals surface area contributed by atoms with Crippen molar-refractivity contribution in [2.75, 3.05) is 31.3 Å². The van der Waals surface area contributed by atoms with Gasteiger partial charge in [0.05, 0.1) is 11.5 Å². The van der Waals surface area contributed by atoms with Crippen molar-refractivity contribution in [2.45, 2.75) is 56.7 Å². The lowest BCUT2D eigenvalue weighted by atomic mass is 9.91. The molecule has 3 fully saturated rings. The highest BCUT2D eigenvalue weighted by Gasteiger charge is 2.51. The zero-order valence-electron chi connectivity index (χ0n) is 19.1. The van der Waals surface area contributed by atoms with E-state index in [-0.39, 0.29) is 23.5 Å². The molecule has 0 aromatic heterocycles. The summed E-state index contributed by atoms with van der Waals surface area (Å²) in [6, 6.07) is 3.95. The monoisotopic (exact) mass is 491 g/mol. The summed E-state index contributed by atoms with van der Waals surface area (Å²) >= 11 is 0. The molecule has 3 aliphatic heterocycles. The average Bonchev–Trinajstić information content (AvgIpc) is 3.50. The van der Waals surface area contributed by atoms with Gasteiger partial charge in [-0.1, -0.05) is 18.9 Å². The first-order valence-electron chi connectivity index (χ1n) is 11.7. The number of amides is 4. The lowest BCUT2D eigenvalue weighted by Gasteiger charge is -2.35. The topological polar surface area (TPSA) is 122 Å². The van der Waals surface area contributed by atoms with E-state index in [1.807, 2.05) is 0 Å². The minimum atomic E-state index is -3.19. The number of carbonyl (C=O) groups is 3. The summed E-state index contributed by atoms with van der Waals surface area (Å²) in [6.45, 7) is 2.01. The molecule has 34 heavy (non-hydrogen) atoms. The van der Waals surface area contributed by atoms with Crippen LogP contribution in [0, 0.1) is 0 Å². The maximum absolute atomic E-state index is 13.4. The van der Waals surface area contributed by atoms with Gasteiger partial charge in [-0.2, -0.15) is 0 Å². The van der Waals surface area contributed by atoms with Gasteiger partial charge in [0.15, 0.2) is 21.3 Å². The van der Waals surface area contributed by atoms with Crippen LogP contribution in [-0.4, -0.2) is 79.4 Å². The molecule has 1 N–H and O–H groups in total. The Labute approximate surface area is 198 Å². The highest BCUT2D eigenvalue weighted by Crippen LogP contribution is 2.37. The second-order valence-electron chi connectivity index (χ2n) is 9.60. The molecule has 0 spiro atoms. The molecule has 3 heterocycles. The molecule has 2 saturated heterocycles. The summed E-state index contributed by atoms with van der Waals surface area (Å²) in [4.78, 5) is 42.3. The van der Waals surface area contributed by atoms with E-state index in [1.54, 1.807) is 30.0 Å². The quantitative estimate of drug-likeness (QED) is 0.614. The van der Waals surface area contributed by atoms with Crippen molar-refractivity contribution in [2.24, 2.45) is 0 Å². The van der Waals surface area contributed by atoms with Gasteiger partial charge < -0.3 is 19.7 Å². The first kappa shape index (κ1) is 22.9. The molecule has 1 saturated carbocycles. The molecule has 11 heteroatoms. The Kier molecular flexibility index (Phi) is 5.70. The number of hydrogen-bond donors (Lipinski definition) is 1. The fourth-order valence-corrected chi connectivity index (χ4v) is 7.20. The number of benzene rings is 1. The number of imide groups is 1. The van der Waals surface area contributed by atoms with Gasteiger partial charge in [0.2, 0.25) is 5.91 Å². The average molecular weight is 492 g/mol. The maximum Gasteiger partial charge on any atom is 0.325 e. The van der Waals surface area contributed by atoms with Gasteiger partial charge in [0.25, 0.3) is 5.91 Å². The number of nitrogens with one attached hydrogen (secondary N) is 1. The van der Waals surface area contributed by atoms with Crippen molar-refractivity contribution < 1.29 is 32.3 Å². The lowest BCUT2D eigenvalue weighted by Crippen LogP contribution is -2.51. The van der Waals surface area contributed by atoms with E-state index in [9.17, 15) is 22.8 Å². The molecule has 0 unspecified atom stereocenters. The molecular weight excluding hydrogens is 462 g/mol. The molecule has 1 aromatic rings. The van der Waals surface area contributed by atoms with Crippen LogP contribution in [-0.2, 0) is 25.0 Å². The summed E-state index contributed by atoms with van der Waals surface area (Å²) in [5, 5.41) is 2.72. The number of hydrogen-bond acceptors (Lipinski definition) is 7. The van der Waals surface area contributed by atoms with Gasteiger partial charge in [-0.15, -0.1) is 0 Å². The third kappa shape index (κ3) is 3.99. The van der Waals surface area contributed by atoms with Crippen LogP contribution in [0.2, 0.25) is 0 Å². The van der Waals surface area contributed by atoms with Crippen molar-refractivity contribution in [1.82, 2.24) is 15.1 Å². The van der Waals surface area contributed by atoms with Crippen molar-refractivity contribution in [3.63, 3.8) is 0 Å². The van der Waals surface area contributed by atoms with E-state index in [1.165, 1.54) is 0 Å². The SMILES string of the molecule is C[C@]1(c2ccc3c(c2)OCCO3)NC(=O)N(CC(=O)N(C2CCCC2)[C@@H]2CCS(=O)(=O)C2)C1=O. The number of ether oxygens (including phenoxy) is 2. The zero-order valence-corrected chi connectivity index (χ0v) is 19.9. The molecule has 184 valence electrons. The first-order valence-corrected chi connectivity index (χ1v) is 13.6. The molecule has 5 rings (SSSR count). The molecular formula is C23H29N3O7S. The molecule has 10 nitrogen and oxygen atoms in total. The van der Waals surface area contributed by atoms with Crippen LogP contribution in [0.3, 0.4) is 0 Å². The van der Waals surface area contributed by atoms with E-state index in [0.29, 0.717) is 36.7 Å². The second-order valence-corrected chi connectivity index (χ2v) is 11.8. The molecule has 4 amide bonds. The predicted octanol–water partition coefficient (Wildman–Crippen LogP) is 1.18. The molecule has 2 atom stereocenters. The zero-order chi connectivity index (χ0) is 24.1. The number of fused-ring (bicyclic) bond motifs is 1. The summed E-state index contributed by atoms with van der Waals surface area (Å²) in [7, 11) is -3.19. The van der Waals surface area contributed by atoms with E-state index in [4.69, 9.17) is 9.47 Å². The fraction of sp³-hybridized carbons (Fsp3) is 0.609. The van der Waals surface area contributed by atoms with Crippen molar-refractivity contribution in [3.8, 4) is 11.5 Å².